The first kappa shape index (κ1) is 36.1. The van der Waals surface area contributed by atoms with Crippen molar-refractivity contribution in [2.45, 2.75) is 58.3 Å². The van der Waals surface area contributed by atoms with Crippen LogP contribution < -0.4 is 11.2 Å². The summed E-state index contributed by atoms with van der Waals surface area (Å²) in [6.45, 7) is 3.94. The lowest BCUT2D eigenvalue weighted by Gasteiger charge is -2.30. The van der Waals surface area contributed by atoms with E-state index in [2.05, 4.69) is 18.1 Å². The predicted molar refractivity (Wildman–Crippen MR) is 146 cm³/mol. The molecule has 2 aromatic rings. The van der Waals surface area contributed by atoms with Gasteiger partial charge in [0.1, 0.15) is 12.3 Å². The Hall–Kier alpha value is -2.41. The number of hydrogen-bond acceptors (Lipinski definition) is 13. The first-order valence-corrected chi connectivity index (χ1v) is 16.9. The standard InChI is InChI=1S/C21H30N3O17P3/c1-21(2,3)18(13-6-4-5-7-14(13)24(28)29)37-10-12-9-23(20(27)22-19(12)26)17-8-15(25)16(39-17)11-38-43(33,34)41-44(35,36)40-42(30,31)32/h4-7,9,15-18,25H,8,10-11H2,1-3H3,(H,33,34)(H,35,36)(H,22,26,27)(H2,30,31,32)/t15-,16+,17+,18-/m0/s1. The molecule has 44 heavy (non-hydrogen) atoms. The molecule has 0 bridgehead atoms. The van der Waals surface area contributed by atoms with Crippen molar-refractivity contribution >= 4 is 29.2 Å². The second-order valence-electron chi connectivity index (χ2n) is 10.5. The first-order chi connectivity index (χ1) is 20.1. The molecule has 20 nitrogen and oxygen atoms in total. The molecule has 1 fully saturated rings. The van der Waals surface area contributed by atoms with Crippen LogP contribution in [0.15, 0.2) is 40.1 Å². The van der Waals surface area contributed by atoms with Crippen molar-refractivity contribution in [1.29, 1.82) is 0 Å². The number of rotatable bonds is 13. The predicted octanol–water partition coefficient (Wildman–Crippen LogP) is 1.74. The molecule has 0 radical (unpaired) electrons. The second kappa shape index (κ2) is 13.5. The highest BCUT2D eigenvalue weighted by Crippen LogP contribution is 2.66. The molecule has 0 aliphatic carbocycles. The minimum atomic E-state index is -5.77. The number of para-hydroxylation sites is 1. The van der Waals surface area contributed by atoms with Gasteiger partial charge in [0.2, 0.25) is 0 Å². The molecule has 0 amide bonds. The topological polar surface area (TPSA) is 297 Å². The second-order valence-corrected chi connectivity index (χ2v) is 14.9. The van der Waals surface area contributed by atoms with Gasteiger partial charge in [-0.3, -0.25) is 29.0 Å². The van der Waals surface area contributed by atoms with Crippen molar-refractivity contribution in [3.05, 3.63) is 72.5 Å². The van der Waals surface area contributed by atoms with Crippen LogP contribution in [0.2, 0.25) is 0 Å². The average Bonchev–Trinajstić information content (AvgIpc) is 3.21. The molecule has 2 unspecified atom stereocenters. The van der Waals surface area contributed by atoms with Gasteiger partial charge in [-0.2, -0.15) is 8.62 Å². The number of hydrogen-bond donors (Lipinski definition) is 6. The molecule has 0 spiro atoms. The van der Waals surface area contributed by atoms with Crippen molar-refractivity contribution < 1.29 is 65.9 Å². The maximum Gasteiger partial charge on any atom is 0.490 e. The lowest BCUT2D eigenvalue weighted by molar-refractivity contribution is -0.386. The lowest BCUT2D eigenvalue weighted by atomic mass is 9.84. The fraction of sp³-hybridized carbons (Fsp3) is 0.524. The molecule has 1 aromatic carbocycles. The van der Waals surface area contributed by atoms with E-state index in [0.29, 0.717) is 0 Å². The maximum absolute atomic E-state index is 12.6. The quantitative estimate of drug-likeness (QED) is 0.0991. The normalized spacial score (nSPS) is 22.7. The van der Waals surface area contributed by atoms with Gasteiger partial charge in [0.15, 0.2) is 0 Å². The van der Waals surface area contributed by atoms with Crippen LogP contribution in [0.25, 0.3) is 0 Å². The molecule has 1 aliphatic rings. The summed E-state index contributed by atoms with van der Waals surface area (Å²) in [5, 5.41) is 22.0. The molecule has 1 aliphatic heterocycles. The van der Waals surface area contributed by atoms with Crippen molar-refractivity contribution in [3.63, 3.8) is 0 Å². The number of nitro benzene ring substituents is 1. The number of aromatic nitrogens is 2. The van der Waals surface area contributed by atoms with Gasteiger partial charge >= 0.3 is 29.2 Å². The lowest BCUT2D eigenvalue weighted by Crippen LogP contribution is -2.35. The van der Waals surface area contributed by atoms with Crippen LogP contribution in [-0.2, 0) is 42.9 Å². The van der Waals surface area contributed by atoms with Crippen LogP contribution in [0.5, 0.6) is 0 Å². The Morgan fingerprint density at radius 2 is 1.75 bits per heavy atom. The minimum Gasteiger partial charge on any atom is -0.390 e. The van der Waals surface area contributed by atoms with Crippen molar-refractivity contribution in [3.8, 4) is 0 Å². The molecular formula is C21H30N3O17P3. The molecule has 23 heteroatoms. The maximum atomic E-state index is 12.6. The van der Waals surface area contributed by atoms with E-state index in [1.165, 1.54) is 18.2 Å². The molecule has 6 atom stereocenters. The van der Waals surface area contributed by atoms with Crippen LogP contribution in [0, 0.1) is 15.5 Å². The van der Waals surface area contributed by atoms with E-state index < -0.39 is 82.8 Å². The average molecular weight is 689 g/mol. The molecule has 1 aromatic heterocycles. The van der Waals surface area contributed by atoms with E-state index in [1.807, 2.05) is 0 Å². The van der Waals surface area contributed by atoms with Crippen molar-refractivity contribution in [2.24, 2.45) is 5.41 Å². The smallest absolute Gasteiger partial charge is 0.390 e. The molecular weight excluding hydrogens is 659 g/mol. The SMILES string of the molecule is CC(C)(C)[C@@H](OCc1cn([C@H]2C[C@H](O)[C@@H](COP(=O)(O)OP(=O)(O)OP(=O)(O)O)O2)c(=O)[nH]c1=O)c1ccccc1[N+](=O)[O-]. The van der Waals surface area contributed by atoms with Crippen LogP contribution in [0.3, 0.4) is 0 Å². The Bertz CT molecular complexity index is 1630. The monoisotopic (exact) mass is 689 g/mol. The first-order valence-electron chi connectivity index (χ1n) is 12.4. The third kappa shape index (κ3) is 9.79. The Balaban J connectivity index is 1.75. The summed E-state index contributed by atoms with van der Waals surface area (Å²) >= 11 is 0. The highest BCUT2D eigenvalue weighted by atomic mass is 31.3. The molecule has 0 saturated carbocycles. The van der Waals surface area contributed by atoms with Crippen LogP contribution in [0.4, 0.5) is 5.69 Å². The van der Waals surface area contributed by atoms with Gasteiger partial charge in [-0.05, 0) is 11.5 Å². The number of nitrogens with one attached hydrogen (secondary N) is 1. The Morgan fingerprint density at radius 1 is 1.11 bits per heavy atom. The summed E-state index contributed by atoms with van der Waals surface area (Å²) in [6, 6.07) is 5.93. The van der Waals surface area contributed by atoms with E-state index in [0.717, 1.165) is 10.8 Å². The van der Waals surface area contributed by atoms with E-state index >= 15 is 0 Å². The fourth-order valence-corrected chi connectivity index (χ4v) is 7.24. The van der Waals surface area contributed by atoms with Crippen LogP contribution in [-0.4, -0.2) is 58.0 Å². The fourth-order valence-electron chi connectivity index (χ4n) is 4.21. The number of benzene rings is 1. The number of phosphoric acid groups is 3. The van der Waals surface area contributed by atoms with E-state index in [9.17, 15) is 48.3 Å². The van der Waals surface area contributed by atoms with E-state index in [-0.39, 0.29) is 23.2 Å². The third-order valence-electron chi connectivity index (χ3n) is 5.98. The van der Waals surface area contributed by atoms with Gasteiger partial charge in [0, 0.05) is 18.7 Å². The summed E-state index contributed by atoms with van der Waals surface area (Å²) in [5.41, 5.74) is -2.49. The molecule has 246 valence electrons. The van der Waals surface area contributed by atoms with Crippen molar-refractivity contribution in [1.82, 2.24) is 9.55 Å². The van der Waals surface area contributed by atoms with Gasteiger partial charge < -0.3 is 34.2 Å². The van der Waals surface area contributed by atoms with E-state index in [4.69, 9.17) is 19.3 Å². The highest BCUT2D eigenvalue weighted by molar-refractivity contribution is 7.66. The number of aliphatic hydroxyl groups is 1. The number of aliphatic hydroxyl groups excluding tert-OH is 1. The summed E-state index contributed by atoms with van der Waals surface area (Å²) in [7, 11) is -16.9. The Labute approximate surface area is 247 Å². The zero-order chi connectivity index (χ0) is 33.3. The number of nitrogens with zero attached hydrogens (tertiary/aromatic N) is 2. The third-order valence-corrected chi connectivity index (χ3v) is 9.78. The summed E-state index contributed by atoms with van der Waals surface area (Å²) in [4.78, 5) is 74.3. The minimum absolute atomic E-state index is 0.0905. The number of H-pyrrole nitrogens is 1. The number of ether oxygens (including phenoxy) is 2. The van der Waals surface area contributed by atoms with Gasteiger partial charge in [0.05, 0.1) is 41.5 Å². The zero-order valence-electron chi connectivity index (χ0n) is 23.2. The van der Waals surface area contributed by atoms with Crippen LogP contribution >= 0.6 is 23.5 Å². The number of phosphoric ester groups is 1. The highest BCUT2D eigenvalue weighted by Gasteiger charge is 2.43. The molecule has 2 heterocycles. The van der Waals surface area contributed by atoms with E-state index in [1.54, 1.807) is 26.8 Å². The van der Waals surface area contributed by atoms with Crippen molar-refractivity contribution in [2.75, 3.05) is 6.61 Å². The molecule has 3 rings (SSSR count). The van der Waals surface area contributed by atoms with Gasteiger partial charge in [-0.25, -0.2) is 18.5 Å². The van der Waals surface area contributed by atoms with Crippen LogP contribution in [0.1, 0.15) is 50.7 Å². The zero-order valence-corrected chi connectivity index (χ0v) is 25.9. The summed E-state index contributed by atoms with van der Waals surface area (Å²) < 4.78 is 58.3. The summed E-state index contributed by atoms with van der Waals surface area (Å²) in [5.74, 6) is 0. The Kier molecular flexibility index (Phi) is 11.1. The summed E-state index contributed by atoms with van der Waals surface area (Å²) in [6.07, 6.45) is -4.24. The van der Waals surface area contributed by atoms with Gasteiger partial charge in [-0.15, -0.1) is 0 Å². The van der Waals surface area contributed by atoms with Gasteiger partial charge in [-0.1, -0.05) is 32.9 Å². The Morgan fingerprint density at radius 3 is 2.34 bits per heavy atom. The molecule has 6 N–H and O–H groups in total. The largest absolute Gasteiger partial charge is 0.490 e. The molecule has 1 saturated heterocycles. The van der Waals surface area contributed by atoms with Gasteiger partial charge in [0.25, 0.3) is 11.2 Å². The number of aromatic amines is 1. The number of nitro groups is 1.